The number of unbranched alkanes of at least 4 members (excludes halogenated alkanes) is 4. The lowest BCUT2D eigenvalue weighted by atomic mass is 10.1. The average Bonchev–Trinajstić information content (AvgIpc) is 2.45. The molecule has 0 saturated heterocycles. The van der Waals surface area contributed by atoms with E-state index in [9.17, 15) is 13.2 Å². The lowest BCUT2D eigenvalue weighted by Crippen LogP contribution is -2.41. The fourth-order valence-electron chi connectivity index (χ4n) is 1.85. The molecule has 0 fully saturated rings. The van der Waals surface area contributed by atoms with Gasteiger partial charge in [0.1, 0.15) is 0 Å². The Morgan fingerprint density at radius 3 is 2.29 bits per heavy atom. The Kier molecular flexibility index (Phi) is 7.39. The second-order valence-electron chi connectivity index (χ2n) is 5.13. The van der Waals surface area contributed by atoms with Crippen LogP contribution in [0.25, 0.3) is 0 Å². The summed E-state index contributed by atoms with van der Waals surface area (Å²) in [6, 6.07) is 6.44. The second kappa shape index (κ2) is 8.79. The first-order valence-electron chi connectivity index (χ1n) is 7.33. The fraction of sp³-hybridized carbons (Fsp3) is 0.533. The van der Waals surface area contributed by atoms with Gasteiger partial charge in [-0.15, -0.1) is 4.83 Å². The van der Waals surface area contributed by atoms with E-state index in [-0.39, 0.29) is 10.8 Å². The van der Waals surface area contributed by atoms with E-state index in [1.807, 2.05) is 6.92 Å². The van der Waals surface area contributed by atoms with E-state index < -0.39 is 10.0 Å². The van der Waals surface area contributed by atoms with Gasteiger partial charge in [-0.05, 0) is 25.5 Å². The molecule has 0 bridgehead atoms. The molecule has 5 nitrogen and oxygen atoms in total. The van der Waals surface area contributed by atoms with Crippen LogP contribution in [0.2, 0.25) is 0 Å². The zero-order chi connectivity index (χ0) is 15.7. The third kappa shape index (κ3) is 6.73. The minimum atomic E-state index is -3.69. The number of carbonyl (C=O) groups excluding carboxylic acids is 1. The summed E-state index contributed by atoms with van der Waals surface area (Å²) < 4.78 is 23.9. The summed E-state index contributed by atoms with van der Waals surface area (Å²) in [5.74, 6) is -0.304. The summed E-state index contributed by atoms with van der Waals surface area (Å²) >= 11 is 0. The molecule has 0 spiro atoms. The van der Waals surface area contributed by atoms with Crippen LogP contribution in [0, 0.1) is 6.92 Å². The van der Waals surface area contributed by atoms with Crippen LogP contribution < -0.4 is 10.3 Å². The molecule has 1 aromatic carbocycles. The van der Waals surface area contributed by atoms with Crippen molar-refractivity contribution in [1.82, 2.24) is 10.3 Å². The summed E-state index contributed by atoms with van der Waals surface area (Å²) in [4.78, 5) is 13.8. The van der Waals surface area contributed by atoms with Crippen LogP contribution in [0.5, 0.6) is 0 Å². The number of benzene rings is 1. The van der Waals surface area contributed by atoms with Crippen LogP contribution in [-0.2, 0) is 14.8 Å². The molecule has 0 aliphatic rings. The maximum absolute atomic E-state index is 11.9. The van der Waals surface area contributed by atoms with Crippen molar-refractivity contribution in [3.05, 3.63) is 29.8 Å². The van der Waals surface area contributed by atoms with E-state index in [0.717, 1.165) is 31.2 Å². The smallest absolute Gasteiger partial charge is 0.257 e. The highest BCUT2D eigenvalue weighted by Crippen LogP contribution is 2.09. The van der Waals surface area contributed by atoms with Crippen molar-refractivity contribution in [3.63, 3.8) is 0 Å². The highest BCUT2D eigenvalue weighted by Gasteiger charge is 2.14. The topological polar surface area (TPSA) is 75.3 Å². The summed E-state index contributed by atoms with van der Waals surface area (Å²) in [6.45, 7) is 4.01. The van der Waals surface area contributed by atoms with Gasteiger partial charge in [-0.3, -0.25) is 10.2 Å². The molecule has 6 heteroatoms. The van der Waals surface area contributed by atoms with E-state index >= 15 is 0 Å². The Morgan fingerprint density at radius 2 is 1.67 bits per heavy atom. The minimum Gasteiger partial charge on any atom is -0.278 e. The van der Waals surface area contributed by atoms with Crippen molar-refractivity contribution in [2.24, 2.45) is 0 Å². The van der Waals surface area contributed by atoms with Crippen molar-refractivity contribution in [1.29, 1.82) is 0 Å². The quantitative estimate of drug-likeness (QED) is 0.544. The van der Waals surface area contributed by atoms with Gasteiger partial charge in [0.25, 0.3) is 10.0 Å². The molecular weight excluding hydrogens is 288 g/mol. The minimum absolute atomic E-state index is 0.136. The van der Waals surface area contributed by atoms with Crippen LogP contribution >= 0.6 is 0 Å². The fourth-order valence-corrected chi connectivity index (χ4v) is 2.71. The highest BCUT2D eigenvalue weighted by atomic mass is 32.2. The molecule has 0 heterocycles. The van der Waals surface area contributed by atoms with Gasteiger partial charge < -0.3 is 0 Å². The number of hydrogen-bond acceptors (Lipinski definition) is 3. The number of amides is 1. The first kappa shape index (κ1) is 17.7. The van der Waals surface area contributed by atoms with Gasteiger partial charge >= 0.3 is 0 Å². The van der Waals surface area contributed by atoms with Crippen molar-refractivity contribution in [3.8, 4) is 0 Å². The van der Waals surface area contributed by atoms with Crippen molar-refractivity contribution < 1.29 is 13.2 Å². The maximum Gasteiger partial charge on any atom is 0.257 e. The van der Waals surface area contributed by atoms with Crippen LogP contribution in [0.1, 0.15) is 51.0 Å². The lowest BCUT2D eigenvalue weighted by molar-refractivity contribution is -0.121. The molecule has 118 valence electrons. The molecule has 1 amide bonds. The summed E-state index contributed by atoms with van der Waals surface area (Å²) in [5, 5.41) is 0. The zero-order valence-corrected chi connectivity index (χ0v) is 13.5. The maximum atomic E-state index is 11.9. The average molecular weight is 312 g/mol. The van der Waals surface area contributed by atoms with Crippen LogP contribution in [-0.4, -0.2) is 14.3 Å². The molecule has 21 heavy (non-hydrogen) atoms. The van der Waals surface area contributed by atoms with Gasteiger partial charge in [0, 0.05) is 6.42 Å². The third-order valence-electron chi connectivity index (χ3n) is 3.16. The predicted octanol–water partition coefficient (Wildman–Crippen LogP) is 2.67. The molecule has 0 radical (unpaired) electrons. The summed E-state index contributed by atoms with van der Waals surface area (Å²) in [7, 11) is -3.69. The summed E-state index contributed by atoms with van der Waals surface area (Å²) in [6.07, 6.45) is 5.54. The van der Waals surface area contributed by atoms with Gasteiger partial charge in [0.15, 0.2) is 0 Å². The van der Waals surface area contributed by atoms with E-state index in [0.29, 0.717) is 6.42 Å². The van der Waals surface area contributed by atoms with Crippen molar-refractivity contribution in [2.75, 3.05) is 0 Å². The number of sulfonamides is 1. The van der Waals surface area contributed by atoms with Gasteiger partial charge in [-0.2, -0.15) is 0 Å². The molecule has 0 aliphatic heterocycles. The Morgan fingerprint density at radius 1 is 1.05 bits per heavy atom. The standard InChI is InChI=1S/C15H24N2O3S/c1-3-4-5-6-7-8-15(18)16-17-21(19,20)14-11-9-13(2)10-12-14/h9-12,17H,3-8H2,1-2H3,(H,16,18). The van der Waals surface area contributed by atoms with Crippen LogP contribution in [0.15, 0.2) is 29.2 Å². The Bertz CT molecular complexity index is 539. The first-order valence-corrected chi connectivity index (χ1v) is 8.81. The van der Waals surface area contributed by atoms with Gasteiger partial charge in [0.05, 0.1) is 4.90 Å². The largest absolute Gasteiger partial charge is 0.278 e. The van der Waals surface area contributed by atoms with Crippen LogP contribution in [0.3, 0.4) is 0 Å². The van der Waals surface area contributed by atoms with E-state index in [2.05, 4.69) is 17.2 Å². The molecule has 0 unspecified atom stereocenters. The molecule has 1 aromatic rings. The first-order chi connectivity index (χ1) is 9.95. The summed E-state index contributed by atoms with van der Waals surface area (Å²) in [5.41, 5.74) is 3.23. The number of carbonyl (C=O) groups is 1. The van der Waals surface area contributed by atoms with Crippen LogP contribution in [0.4, 0.5) is 0 Å². The SMILES string of the molecule is CCCCCCCC(=O)NNS(=O)(=O)c1ccc(C)cc1. The zero-order valence-electron chi connectivity index (χ0n) is 12.7. The van der Waals surface area contributed by atoms with E-state index in [1.54, 1.807) is 12.1 Å². The number of hydrazine groups is 1. The van der Waals surface area contributed by atoms with Gasteiger partial charge in [-0.1, -0.05) is 50.3 Å². The van der Waals surface area contributed by atoms with Gasteiger partial charge in [-0.25, -0.2) is 8.42 Å². The highest BCUT2D eigenvalue weighted by molar-refractivity contribution is 7.89. The number of hydrogen-bond donors (Lipinski definition) is 2. The molecule has 0 aromatic heterocycles. The molecular formula is C15H24N2O3S. The number of nitrogens with one attached hydrogen (secondary N) is 2. The predicted molar refractivity (Wildman–Crippen MR) is 83.0 cm³/mol. The number of aryl methyl sites for hydroxylation is 1. The monoisotopic (exact) mass is 312 g/mol. The molecule has 0 aliphatic carbocycles. The Balaban J connectivity index is 2.36. The van der Waals surface area contributed by atoms with Gasteiger partial charge in [0.2, 0.25) is 5.91 Å². The Hall–Kier alpha value is -1.40. The van der Waals surface area contributed by atoms with Crippen molar-refractivity contribution >= 4 is 15.9 Å². The second-order valence-corrected chi connectivity index (χ2v) is 6.81. The molecule has 1 rings (SSSR count). The molecule has 2 N–H and O–H groups in total. The van der Waals surface area contributed by atoms with Crippen molar-refractivity contribution in [2.45, 2.75) is 57.3 Å². The number of rotatable bonds is 9. The lowest BCUT2D eigenvalue weighted by Gasteiger charge is -2.08. The van der Waals surface area contributed by atoms with E-state index in [4.69, 9.17) is 0 Å². The molecule has 0 saturated carbocycles. The van der Waals surface area contributed by atoms with E-state index in [1.165, 1.54) is 18.6 Å². The third-order valence-corrected chi connectivity index (χ3v) is 4.43. The normalized spacial score (nSPS) is 11.3. The Labute approximate surface area is 127 Å². The molecule has 0 atom stereocenters.